The maximum atomic E-state index is 6.19. The zero-order valence-corrected chi connectivity index (χ0v) is 14.9. The zero-order chi connectivity index (χ0) is 16.2. The fourth-order valence-corrected chi connectivity index (χ4v) is 3.78. The molecule has 0 amide bonds. The molecule has 1 aromatic rings. The van der Waals surface area contributed by atoms with Crippen molar-refractivity contribution in [3.63, 3.8) is 0 Å². The van der Waals surface area contributed by atoms with Gasteiger partial charge in [0, 0.05) is 18.5 Å². The minimum atomic E-state index is 0.218. The summed E-state index contributed by atoms with van der Waals surface area (Å²) in [6, 6.07) is 9.85. The summed E-state index contributed by atoms with van der Waals surface area (Å²) < 4.78 is 0. The van der Waals surface area contributed by atoms with Crippen molar-refractivity contribution in [1.29, 1.82) is 0 Å². The third-order valence-corrected chi connectivity index (χ3v) is 5.10. The zero-order valence-electron chi connectivity index (χ0n) is 14.9. The van der Waals surface area contributed by atoms with E-state index in [9.17, 15) is 0 Å². The van der Waals surface area contributed by atoms with E-state index in [2.05, 4.69) is 56.9 Å². The maximum absolute atomic E-state index is 6.19. The normalized spacial score (nSPS) is 21.8. The van der Waals surface area contributed by atoms with E-state index in [4.69, 9.17) is 5.73 Å². The topological polar surface area (TPSA) is 29.3 Å². The van der Waals surface area contributed by atoms with Gasteiger partial charge in [-0.1, -0.05) is 58.4 Å². The van der Waals surface area contributed by atoms with Gasteiger partial charge in [-0.2, -0.15) is 0 Å². The molecular weight excluding hydrogens is 268 g/mol. The molecule has 1 aromatic carbocycles. The lowest BCUT2D eigenvalue weighted by atomic mass is 9.82. The van der Waals surface area contributed by atoms with Crippen LogP contribution >= 0.6 is 0 Å². The van der Waals surface area contributed by atoms with Gasteiger partial charge in [-0.15, -0.1) is 0 Å². The van der Waals surface area contributed by atoms with Crippen molar-refractivity contribution < 1.29 is 0 Å². The van der Waals surface area contributed by atoms with E-state index < -0.39 is 0 Å². The number of piperidine rings is 1. The summed E-state index contributed by atoms with van der Waals surface area (Å²) in [5, 5.41) is 0. The van der Waals surface area contributed by atoms with Crippen molar-refractivity contribution in [3.05, 3.63) is 35.4 Å². The van der Waals surface area contributed by atoms with E-state index in [-0.39, 0.29) is 5.41 Å². The van der Waals surface area contributed by atoms with E-state index in [1.54, 1.807) is 0 Å². The monoisotopic (exact) mass is 302 g/mol. The molecular formula is C20H34N2. The summed E-state index contributed by atoms with van der Waals surface area (Å²) in [6.45, 7) is 12.3. The van der Waals surface area contributed by atoms with Crippen LogP contribution in [0.2, 0.25) is 0 Å². The third kappa shape index (κ3) is 4.11. The molecule has 0 bridgehead atoms. The molecule has 2 heteroatoms. The highest BCUT2D eigenvalue weighted by atomic mass is 15.2. The van der Waals surface area contributed by atoms with Crippen molar-refractivity contribution in [3.8, 4) is 0 Å². The Balaban J connectivity index is 2.19. The lowest BCUT2D eigenvalue weighted by Gasteiger charge is -2.40. The van der Waals surface area contributed by atoms with Gasteiger partial charge in [0.2, 0.25) is 0 Å². The number of likely N-dealkylation sites (tertiary alicyclic amines) is 1. The Bertz CT molecular complexity index is 442. The molecule has 2 unspecified atom stereocenters. The minimum absolute atomic E-state index is 0.218. The molecule has 1 fully saturated rings. The van der Waals surface area contributed by atoms with E-state index in [1.807, 2.05) is 0 Å². The Morgan fingerprint density at radius 2 is 1.86 bits per heavy atom. The highest BCUT2D eigenvalue weighted by Gasteiger charge is 2.29. The summed E-state index contributed by atoms with van der Waals surface area (Å²) in [5.74, 6) is 0.473. The van der Waals surface area contributed by atoms with Gasteiger partial charge in [0.15, 0.2) is 0 Å². The first-order valence-corrected chi connectivity index (χ1v) is 9.02. The first-order valence-electron chi connectivity index (χ1n) is 9.02. The molecule has 2 N–H and O–H groups in total. The van der Waals surface area contributed by atoms with Crippen LogP contribution < -0.4 is 5.73 Å². The van der Waals surface area contributed by atoms with Gasteiger partial charge in [-0.3, -0.25) is 4.90 Å². The number of rotatable bonds is 5. The lowest BCUT2D eigenvalue weighted by molar-refractivity contribution is 0.127. The van der Waals surface area contributed by atoms with Crippen molar-refractivity contribution in [2.24, 2.45) is 5.73 Å². The molecule has 1 aliphatic rings. The second-order valence-electron chi connectivity index (χ2n) is 7.81. The second-order valence-corrected chi connectivity index (χ2v) is 7.81. The van der Waals surface area contributed by atoms with Crippen LogP contribution in [0.3, 0.4) is 0 Å². The molecule has 0 saturated carbocycles. The molecule has 0 spiro atoms. The average Bonchev–Trinajstić information content (AvgIpc) is 2.50. The van der Waals surface area contributed by atoms with Gasteiger partial charge >= 0.3 is 0 Å². The van der Waals surface area contributed by atoms with Crippen molar-refractivity contribution in [1.82, 2.24) is 4.90 Å². The molecule has 2 rings (SSSR count). The molecule has 2 atom stereocenters. The van der Waals surface area contributed by atoms with Gasteiger partial charge < -0.3 is 5.73 Å². The number of hydrogen-bond donors (Lipinski definition) is 1. The molecule has 124 valence electrons. The first kappa shape index (κ1) is 17.5. The van der Waals surface area contributed by atoms with E-state index in [0.717, 1.165) is 6.54 Å². The van der Waals surface area contributed by atoms with Gasteiger partial charge in [0.1, 0.15) is 0 Å². The molecule has 1 saturated heterocycles. The smallest absolute Gasteiger partial charge is 0.0176 e. The summed E-state index contributed by atoms with van der Waals surface area (Å²) in [7, 11) is 0. The van der Waals surface area contributed by atoms with Crippen LogP contribution in [0.5, 0.6) is 0 Å². The van der Waals surface area contributed by atoms with Crippen molar-refractivity contribution >= 4 is 0 Å². The van der Waals surface area contributed by atoms with Crippen LogP contribution in [-0.2, 0) is 5.41 Å². The highest BCUT2D eigenvalue weighted by Crippen LogP contribution is 2.31. The summed E-state index contributed by atoms with van der Waals surface area (Å²) in [5.41, 5.74) is 9.23. The molecule has 2 nitrogen and oxygen atoms in total. The fraction of sp³-hybridized carbons (Fsp3) is 0.700. The Morgan fingerprint density at radius 3 is 2.41 bits per heavy atom. The van der Waals surface area contributed by atoms with E-state index in [0.29, 0.717) is 12.0 Å². The molecule has 22 heavy (non-hydrogen) atoms. The van der Waals surface area contributed by atoms with Gasteiger partial charge in [0.05, 0.1) is 0 Å². The molecule has 0 aromatic heterocycles. The fourth-order valence-electron chi connectivity index (χ4n) is 3.78. The summed E-state index contributed by atoms with van der Waals surface area (Å²) in [6.07, 6.45) is 5.22. The minimum Gasteiger partial charge on any atom is -0.330 e. The number of hydrogen-bond acceptors (Lipinski definition) is 2. The second kappa shape index (κ2) is 7.61. The average molecular weight is 303 g/mol. The van der Waals surface area contributed by atoms with E-state index >= 15 is 0 Å². The first-order chi connectivity index (χ1) is 10.5. The predicted molar refractivity (Wildman–Crippen MR) is 96.4 cm³/mol. The summed E-state index contributed by atoms with van der Waals surface area (Å²) >= 11 is 0. The quantitative estimate of drug-likeness (QED) is 0.879. The Morgan fingerprint density at radius 1 is 1.18 bits per heavy atom. The SMILES string of the molecule is CCCN1CCCCC1C(CN)c1ccc(C(C)(C)C)cc1. The largest absolute Gasteiger partial charge is 0.330 e. The van der Waals surface area contributed by atoms with E-state index in [1.165, 1.54) is 49.9 Å². The van der Waals surface area contributed by atoms with Crippen LogP contribution in [0.15, 0.2) is 24.3 Å². The van der Waals surface area contributed by atoms with Crippen LogP contribution in [0.25, 0.3) is 0 Å². The molecule has 1 heterocycles. The lowest BCUT2D eigenvalue weighted by Crippen LogP contribution is -2.45. The van der Waals surface area contributed by atoms with Crippen molar-refractivity contribution in [2.75, 3.05) is 19.6 Å². The molecule has 0 aliphatic carbocycles. The van der Waals surface area contributed by atoms with Gasteiger partial charge in [0.25, 0.3) is 0 Å². The standard InChI is InChI=1S/C20H34N2/c1-5-13-22-14-7-6-8-19(22)18(15-21)16-9-11-17(12-10-16)20(2,3)4/h9-12,18-19H,5-8,13-15,21H2,1-4H3. The number of nitrogens with two attached hydrogens (primary N) is 1. The van der Waals surface area contributed by atoms with Gasteiger partial charge in [-0.25, -0.2) is 0 Å². The predicted octanol–water partition coefficient (Wildman–Crippen LogP) is 4.29. The van der Waals surface area contributed by atoms with Gasteiger partial charge in [-0.05, 0) is 48.9 Å². The Labute approximate surface area is 137 Å². The third-order valence-electron chi connectivity index (χ3n) is 5.10. The van der Waals surface area contributed by atoms with Crippen LogP contribution in [-0.4, -0.2) is 30.6 Å². The Hall–Kier alpha value is -0.860. The van der Waals surface area contributed by atoms with Crippen LogP contribution in [0.4, 0.5) is 0 Å². The molecule has 0 radical (unpaired) electrons. The van der Waals surface area contributed by atoms with Crippen LogP contribution in [0.1, 0.15) is 70.4 Å². The number of nitrogens with zero attached hydrogens (tertiary/aromatic N) is 1. The Kier molecular flexibility index (Phi) is 6.05. The van der Waals surface area contributed by atoms with Crippen LogP contribution in [0, 0.1) is 0 Å². The number of benzene rings is 1. The summed E-state index contributed by atoms with van der Waals surface area (Å²) in [4.78, 5) is 2.68. The van der Waals surface area contributed by atoms with Crippen molar-refractivity contribution in [2.45, 2.75) is 70.8 Å². The highest BCUT2D eigenvalue weighted by molar-refractivity contribution is 5.30. The molecule has 1 aliphatic heterocycles. The maximum Gasteiger partial charge on any atom is 0.0176 e.